The number of aldehydes is 1. The Hall–Kier alpha value is -2.09. The molecule has 2 heteroatoms. The molecule has 2 aromatic carbocycles. The molecule has 0 fully saturated rings. The van der Waals surface area contributed by atoms with Crippen molar-refractivity contribution in [2.24, 2.45) is 0 Å². The van der Waals surface area contributed by atoms with Gasteiger partial charge in [-0.15, -0.1) is 0 Å². The second-order valence-electron chi connectivity index (χ2n) is 3.75. The summed E-state index contributed by atoms with van der Waals surface area (Å²) in [6.07, 6.45) is 1.29. The van der Waals surface area contributed by atoms with Crippen molar-refractivity contribution in [3.05, 3.63) is 65.7 Å². The molecule has 0 aliphatic rings. The standard InChI is InChI=1S/C15H14O2/c16-11-10-14-8-4-5-9-15(14)17-12-13-6-2-1-3-7-13/h1-9,11H,10,12H2. The Bertz CT molecular complexity index is 477. The van der Waals surface area contributed by atoms with Crippen LogP contribution >= 0.6 is 0 Å². The average Bonchev–Trinajstić information content (AvgIpc) is 2.39. The van der Waals surface area contributed by atoms with E-state index in [-0.39, 0.29) is 0 Å². The van der Waals surface area contributed by atoms with Crippen molar-refractivity contribution >= 4 is 6.29 Å². The Morgan fingerprint density at radius 3 is 2.41 bits per heavy atom. The third kappa shape index (κ3) is 3.18. The van der Waals surface area contributed by atoms with Gasteiger partial charge >= 0.3 is 0 Å². The molecular weight excluding hydrogens is 212 g/mol. The fraction of sp³-hybridized carbons (Fsp3) is 0.133. The number of hydrogen-bond donors (Lipinski definition) is 0. The number of rotatable bonds is 5. The van der Waals surface area contributed by atoms with Gasteiger partial charge in [-0.25, -0.2) is 0 Å². The predicted octanol–water partition coefficient (Wildman–Crippen LogP) is 3.01. The number of ether oxygens (including phenoxy) is 1. The van der Waals surface area contributed by atoms with Crippen molar-refractivity contribution < 1.29 is 9.53 Å². The first kappa shape index (κ1) is 11.4. The van der Waals surface area contributed by atoms with Crippen LogP contribution in [0.4, 0.5) is 0 Å². The molecule has 2 rings (SSSR count). The van der Waals surface area contributed by atoms with E-state index in [9.17, 15) is 4.79 Å². The monoisotopic (exact) mass is 226 g/mol. The quantitative estimate of drug-likeness (QED) is 0.732. The number of benzene rings is 2. The van der Waals surface area contributed by atoms with E-state index in [2.05, 4.69) is 0 Å². The molecule has 0 bridgehead atoms. The van der Waals surface area contributed by atoms with Crippen LogP contribution in [0.3, 0.4) is 0 Å². The van der Waals surface area contributed by atoms with Crippen LogP contribution in [0, 0.1) is 0 Å². The largest absolute Gasteiger partial charge is 0.489 e. The van der Waals surface area contributed by atoms with Gasteiger partial charge in [0.25, 0.3) is 0 Å². The van der Waals surface area contributed by atoms with Crippen LogP contribution in [-0.2, 0) is 17.8 Å². The summed E-state index contributed by atoms with van der Waals surface area (Å²) in [4.78, 5) is 10.5. The molecule has 2 nitrogen and oxygen atoms in total. The lowest BCUT2D eigenvalue weighted by Gasteiger charge is -2.09. The third-order valence-electron chi connectivity index (χ3n) is 2.51. The van der Waals surface area contributed by atoms with E-state index in [0.717, 1.165) is 23.2 Å². The Morgan fingerprint density at radius 2 is 1.65 bits per heavy atom. The number of carbonyl (C=O) groups is 1. The van der Waals surface area contributed by atoms with E-state index >= 15 is 0 Å². The summed E-state index contributed by atoms with van der Waals surface area (Å²) in [6, 6.07) is 17.6. The van der Waals surface area contributed by atoms with Gasteiger partial charge in [0.05, 0.1) is 0 Å². The van der Waals surface area contributed by atoms with Crippen molar-refractivity contribution in [1.82, 2.24) is 0 Å². The first-order valence-electron chi connectivity index (χ1n) is 5.58. The molecule has 0 saturated carbocycles. The normalized spacial score (nSPS) is 9.88. The highest BCUT2D eigenvalue weighted by atomic mass is 16.5. The van der Waals surface area contributed by atoms with Crippen LogP contribution in [0.2, 0.25) is 0 Å². The fourth-order valence-electron chi connectivity index (χ4n) is 1.64. The maximum absolute atomic E-state index is 10.5. The van der Waals surface area contributed by atoms with Crippen LogP contribution in [0.1, 0.15) is 11.1 Å². The van der Waals surface area contributed by atoms with Gasteiger partial charge in [0, 0.05) is 12.0 Å². The van der Waals surface area contributed by atoms with Crippen LogP contribution in [-0.4, -0.2) is 6.29 Å². The Balaban J connectivity index is 2.06. The maximum atomic E-state index is 10.5. The second-order valence-corrected chi connectivity index (χ2v) is 3.75. The van der Waals surface area contributed by atoms with Crippen molar-refractivity contribution in [2.45, 2.75) is 13.0 Å². The van der Waals surface area contributed by atoms with E-state index in [1.807, 2.05) is 54.6 Å². The van der Waals surface area contributed by atoms with Crippen molar-refractivity contribution in [3.8, 4) is 5.75 Å². The lowest BCUT2D eigenvalue weighted by Crippen LogP contribution is -1.98. The molecule has 0 unspecified atom stereocenters. The van der Waals surface area contributed by atoms with E-state index in [0.29, 0.717) is 13.0 Å². The van der Waals surface area contributed by atoms with Crippen LogP contribution in [0.15, 0.2) is 54.6 Å². The summed E-state index contributed by atoms with van der Waals surface area (Å²) >= 11 is 0. The first-order chi connectivity index (χ1) is 8.40. The van der Waals surface area contributed by atoms with E-state index < -0.39 is 0 Å². The Morgan fingerprint density at radius 1 is 0.941 bits per heavy atom. The molecule has 0 heterocycles. The second kappa shape index (κ2) is 5.85. The number of para-hydroxylation sites is 1. The molecule has 0 aromatic heterocycles. The summed E-state index contributed by atoms with van der Waals surface area (Å²) in [5.41, 5.74) is 2.05. The minimum atomic E-state index is 0.394. The molecule has 0 atom stereocenters. The molecule has 0 radical (unpaired) electrons. The van der Waals surface area contributed by atoms with Gasteiger partial charge in [-0.2, -0.15) is 0 Å². The van der Waals surface area contributed by atoms with Crippen molar-refractivity contribution in [2.75, 3.05) is 0 Å². The van der Waals surface area contributed by atoms with Gasteiger partial charge in [0.1, 0.15) is 18.6 Å². The van der Waals surface area contributed by atoms with E-state index in [4.69, 9.17) is 4.74 Å². The fourth-order valence-corrected chi connectivity index (χ4v) is 1.64. The smallest absolute Gasteiger partial charge is 0.124 e. The SMILES string of the molecule is O=CCc1ccccc1OCc1ccccc1. The van der Waals surface area contributed by atoms with Gasteiger partial charge in [-0.1, -0.05) is 48.5 Å². The van der Waals surface area contributed by atoms with Gasteiger partial charge in [0.2, 0.25) is 0 Å². The lowest BCUT2D eigenvalue weighted by atomic mass is 10.1. The predicted molar refractivity (Wildman–Crippen MR) is 67.0 cm³/mol. The summed E-state index contributed by atoms with van der Waals surface area (Å²) in [5, 5.41) is 0. The highest BCUT2D eigenvalue weighted by Crippen LogP contribution is 2.19. The van der Waals surface area contributed by atoms with Gasteiger partial charge in [0.15, 0.2) is 0 Å². The summed E-state index contributed by atoms with van der Waals surface area (Å²) in [5.74, 6) is 0.781. The van der Waals surface area contributed by atoms with Crippen LogP contribution < -0.4 is 4.74 Å². The molecule has 0 spiro atoms. The minimum Gasteiger partial charge on any atom is -0.489 e. The maximum Gasteiger partial charge on any atom is 0.124 e. The third-order valence-corrected chi connectivity index (χ3v) is 2.51. The first-order valence-corrected chi connectivity index (χ1v) is 5.58. The average molecular weight is 226 g/mol. The zero-order valence-electron chi connectivity index (χ0n) is 9.50. The topological polar surface area (TPSA) is 26.3 Å². The summed E-state index contributed by atoms with van der Waals surface area (Å²) in [6.45, 7) is 0.525. The Labute approximate surface area is 101 Å². The lowest BCUT2D eigenvalue weighted by molar-refractivity contribution is -0.107. The zero-order valence-corrected chi connectivity index (χ0v) is 9.50. The van der Waals surface area contributed by atoms with Gasteiger partial charge in [-0.3, -0.25) is 0 Å². The molecule has 17 heavy (non-hydrogen) atoms. The minimum absolute atomic E-state index is 0.394. The highest BCUT2D eigenvalue weighted by molar-refractivity contribution is 5.57. The molecule has 86 valence electrons. The highest BCUT2D eigenvalue weighted by Gasteiger charge is 2.02. The zero-order chi connectivity index (χ0) is 11.9. The number of carbonyl (C=O) groups excluding carboxylic acids is 1. The Kier molecular flexibility index (Phi) is 3.92. The summed E-state index contributed by atoms with van der Waals surface area (Å²) in [7, 11) is 0. The number of hydrogen-bond acceptors (Lipinski definition) is 2. The molecule has 0 aliphatic heterocycles. The van der Waals surface area contributed by atoms with Crippen molar-refractivity contribution in [3.63, 3.8) is 0 Å². The van der Waals surface area contributed by atoms with Gasteiger partial charge < -0.3 is 9.53 Å². The van der Waals surface area contributed by atoms with Crippen molar-refractivity contribution in [1.29, 1.82) is 0 Å². The molecule has 2 aromatic rings. The van der Waals surface area contributed by atoms with E-state index in [1.165, 1.54) is 0 Å². The van der Waals surface area contributed by atoms with Crippen LogP contribution in [0.25, 0.3) is 0 Å². The summed E-state index contributed by atoms with van der Waals surface area (Å²) < 4.78 is 5.72. The van der Waals surface area contributed by atoms with E-state index in [1.54, 1.807) is 0 Å². The molecule has 0 amide bonds. The molecule has 0 aliphatic carbocycles. The molecule has 0 N–H and O–H groups in total. The molecule has 0 saturated heterocycles. The molecular formula is C15H14O2. The van der Waals surface area contributed by atoms with Gasteiger partial charge in [-0.05, 0) is 11.6 Å². The van der Waals surface area contributed by atoms with Crippen LogP contribution in [0.5, 0.6) is 5.75 Å².